The molecular formula is C20H28N4O3S. The number of imidazole rings is 1. The minimum atomic E-state index is -3.51. The van der Waals surface area contributed by atoms with Crippen molar-refractivity contribution in [2.75, 3.05) is 19.6 Å². The molecule has 1 amide bonds. The number of rotatable bonds is 7. The molecule has 1 aliphatic rings. The quantitative estimate of drug-likeness (QED) is 0.717. The summed E-state index contributed by atoms with van der Waals surface area (Å²) in [5, 5.41) is 2.97. The van der Waals surface area contributed by atoms with Gasteiger partial charge in [0, 0.05) is 44.5 Å². The maximum absolute atomic E-state index is 12.9. The first-order chi connectivity index (χ1) is 13.4. The van der Waals surface area contributed by atoms with Gasteiger partial charge in [-0.3, -0.25) is 4.79 Å². The van der Waals surface area contributed by atoms with Crippen LogP contribution in [0.1, 0.15) is 30.4 Å². The fourth-order valence-corrected chi connectivity index (χ4v) is 5.30. The fourth-order valence-electron chi connectivity index (χ4n) is 3.62. The molecule has 0 bridgehead atoms. The molecule has 0 aliphatic carbocycles. The first kappa shape index (κ1) is 20.5. The normalized spacial score (nSPS) is 16.2. The van der Waals surface area contributed by atoms with Gasteiger partial charge in [-0.05, 0) is 44.7 Å². The molecule has 1 aromatic heterocycles. The third-order valence-corrected chi connectivity index (χ3v) is 7.28. The zero-order chi connectivity index (χ0) is 20.1. The monoisotopic (exact) mass is 404 g/mol. The molecule has 1 saturated heterocycles. The Morgan fingerprint density at radius 2 is 2.00 bits per heavy atom. The van der Waals surface area contributed by atoms with E-state index in [1.165, 1.54) is 4.31 Å². The molecule has 1 aliphatic heterocycles. The number of sulfonamides is 1. The van der Waals surface area contributed by atoms with Crippen LogP contribution in [-0.2, 0) is 21.4 Å². The van der Waals surface area contributed by atoms with E-state index in [2.05, 4.69) is 10.3 Å². The van der Waals surface area contributed by atoms with E-state index in [1.807, 2.05) is 36.7 Å². The van der Waals surface area contributed by atoms with Crippen molar-refractivity contribution in [2.45, 2.75) is 44.6 Å². The molecule has 152 valence electrons. The molecule has 0 atom stereocenters. The SMILES string of the molecule is Cc1ccc(S(=O)(=O)N2CCC(C(=O)NCCCn3ccnc3)CC2)c(C)c1. The van der Waals surface area contributed by atoms with Crippen molar-refractivity contribution in [3.63, 3.8) is 0 Å². The van der Waals surface area contributed by atoms with E-state index in [-0.39, 0.29) is 11.8 Å². The Bertz CT molecular complexity index is 902. The predicted molar refractivity (Wildman–Crippen MR) is 107 cm³/mol. The van der Waals surface area contributed by atoms with Crippen LogP contribution >= 0.6 is 0 Å². The Kier molecular flexibility index (Phi) is 6.51. The Morgan fingerprint density at radius 1 is 1.25 bits per heavy atom. The van der Waals surface area contributed by atoms with Crippen LogP contribution in [0.25, 0.3) is 0 Å². The van der Waals surface area contributed by atoms with Crippen LogP contribution in [0.3, 0.4) is 0 Å². The predicted octanol–water partition coefficient (Wildman–Crippen LogP) is 2.11. The van der Waals surface area contributed by atoms with E-state index in [0.717, 1.165) is 24.1 Å². The lowest BCUT2D eigenvalue weighted by Crippen LogP contribution is -2.43. The molecule has 0 spiro atoms. The van der Waals surface area contributed by atoms with Crippen molar-refractivity contribution in [1.82, 2.24) is 19.2 Å². The molecule has 2 heterocycles. The summed E-state index contributed by atoms with van der Waals surface area (Å²) in [6.45, 7) is 5.95. The van der Waals surface area contributed by atoms with Gasteiger partial charge in [-0.2, -0.15) is 4.31 Å². The first-order valence-electron chi connectivity index (χ1n) is 9.69. The highest BCUT2D eigenvalue weighted by Crippen LogP contribution is 2.26. The van der Waals surface area contributed by atoms with Gasteiger partial charge in [0.15, 0.2) is 0 Å². The van der Waals surface area contributed by atoms with Crippen molar-refractivity contribution in [3.8, 4) is 0 Å². The van der Waals surface area contributed by atoms with E-state index < -0.39 is 10.0 Å². The molecule has 0 unspecified atom stereocenters. The molecule has 3 rings (SSSR count). The molecule has 0 saturated carbocycles. The number of aromatic nitrogens is 2. The van der Waals surface area contributed by atoms with E-state index in [4.69, 9.17) is 0 Å². The van der Waals surface area contributed by atoms with Gasteiger partial charge in [0.05, 0.1) is 11.2 Å². The summed E-state index contributed by atoms with van der Waals surface area (Å²) in [6.07, 6.45) is 7.33. The maximum atomic E-state index is 12.9. The Hall–Kier alpha value is -2.19. The van der Waals surface area contributed by atoms with Crippen molar-refractivity contribution < 1.29 is 13.2 Å². The topological polar surface area (TPSA) is 84.3 Å². The van der Waals surface area contributed by atoms with Crippen LogP contribution in [0.15, 0.2) is 41.8 Å². The van der Waals surface area contributed by atoms with Gasteiger partial charge < -0.3 is 9.88 Å². The first-order valence-corrected chi connectivity index (χ1v) is 11.1. The van der Waals surface area contributed by atoms with Crippen LogP contribution in [0.2, 0.25) is 0 Å². The molecule has 7 nitrogen and oxygen atoms in total. The van der Waals surface area contributed by atoms with Gasteiger partial charge in [0.2, 0.25) is 15.9 Å². The molecular weight excluding hydrogens is 376 g/mol. The summed E-state index contributed by atoms with van der Waals surface area (Å²) in [6, 6.07) is 5.39. The second kappa shape index (κ2) is 8.87. The van der Waals surface area contributed by atoms with E-state index in [0.29, 0.717) is 37.4 Å². The number of benzene rings is 1. The van der Waals surface area contributed by atoms with Gasteiger partial charge in [-0.15, -0.1) is 0 Å². The van der Waals surface area contributed by atoms with Crippen LogP contribution in [0.4, 0.5) is 0 Å². The second-order valence-corrected chi connectivity index (χ2v) is 9.30. The van der Waals surface area contributed by atoms with E-state index in [1.54, 1.807) is 18.6 Å². The summed E-state index contributed by atoms with van der Waals surface area (Å²) in [5.74, 6) is -0.104. The minimum Gasteiger partial charge on any atom is -0.356 e. The lowest BCUT2D eigenvalue weighted by atomic mass is 9.97. The Labute approximate surface area is 166 Å². The molecule has 28 heavy (non-hydrogen) atoms. The molecule has 1 N–H and O–H groups in total. The summed E-state index contributed by atoms with van der Waals surface area (Å²) in [5.41, 5.74) is 1.80. The Morgan fingerprint density at radius 3 is 2.64 bits per heavy atom. The van der Waals surface area contributed by atoms with Crippen molar-refractivity contribution in [1.29, 1.82) is 0 Å². The number of piperidine rings is 1. The molecule has 8 heteroatoms. The third kappa shape index (κ3) is 4.80. The molecule has 2 aromatic rings. The number of hydrogen-bond acceptors (Lipinski definition) is 4. The van der Waals surface area contributed by atoms with Crippen LogP contribution < -0.4 is 5.32 Å². The van der Waals surface area contributed by atoms with Crippen molar-refractivity contribution >= 4 is 15.9 Å². The number of hydrogen-bond donors (Lipinski definition) is 1. The smallest absolute Gasteiger partial charge is 0.243 e. The molecule has 0 radical (unpaired) electrons. The standard InChI is InChI=1S/C20H28N4O3S/c1-16-4-5-19(17(2)14-16)28(26,27)24-11-6-18(7-12-24)20(25)22-8-3-10-23-13-9-21-15-23/h4-5,9,13-15,18H,3,6-8,10-12H2,1-2H3,(H,22,25). The highest BCUT2D eigenvalue weighted by atomic mass is 32.2. The van der Waals surface area contributed by atoms with Gasteiger partial charge in [0.25, 0.3) is 0 Å². The number of carbonyl (C=O) groups is 1. The lowest BCUT2D eigenvalue weighted by Gasteiger charge is -2.31. The number of amides is 1. The largest absolute Gasteiger partial charge is 0.356 e. The molecule has 1 aromatic carbocycles. The lowest BCUT2D eigenvalue weighted by molar-refractivity contribution is -0.126. The highest BCUT2D eigenvalue weighted by molar-refractivity contribution is 7.89. The van der Waals surface area contributed by atoms with E-state index >= 15 is 0 Å². The average molecular weight is 405 g/mol. The summed E-state index contributed by atoms with van der Waals surface area (Å²) >= 11 is 0. The number of nitrogens with zero attached hydrogens (tertiary/aromatic N) is 3. The minimum absolute atomic E-state index is 0.0224. The van der Waals surface area contributed by atoms with Crippen LogP contribution in [0, 0.1) is 19.8 Å². The fraction of sp³-hybridized carbons (Fsp3) is 0.500. The van der Waals surface area contributed by atoms with Gasteiger partial charge in [-0.25, -0.2) is 13.4 Å². The summed E-state index contributed by atoms with van der Waals surface area (Å²) in [4.78, 5) is 16.7. The number of aryl methyl sites for hydroxylation is 3. The average Bonchev–Trinajstić information content (AvgIpc) is 3.18. The second-order valence-electron chi connectivity index (χ2n) is 7.39. The van der Waals surface area contributed by atoms with Crippen LogP contribution in [-0.4, -0.2) is 47.8 Å². The van der Waals surface area contributed by atoms with Crippen LogP contribution in [0.5, 0.6) is 0 Å². The molecule has 1 fully saturated rings. The Balaban J connectivity index is 1.48. The summed E-state index contributed by atoms with van der Waals surface area (Å²) < 4.78 is 29.4. The number of carbonyl (C=O) groups excluding carboxylic acids is 1. The number of nitrogens with one attached hydrogen (secondary N) is 1. The highest BCUT2D eigenvalue weighted by Gasteiger charge is 2.32. The zero-order valence-corrected chi connectivity index (χ0v) is 17.3. The van der Waals surface area contributed by atoms with Gasteiger partial charge in [-0.1, -0.05) is 17.7 Å². The van der Waals surface area contributed by atoms with Gasteiger partial charge >= 0.3 is 0 Å². The van der Waals surface area contributed by atoms with Gasteiger partial charge in [0.1, 0.15) is 0 Å². The van der Waals surface area contributed by atoms with Crippen molar-refractivity contribution in [3.05, 3.63) is 48.0 Å². The zero-order valence-electron chi connectivity index (χ0n) is 16.5. The van der Waals surface area contributed by atoms with E-state index in [9.17, 15) is 13.2 Å². The third-order valence-electron chi connectivity index (χ3n) is 5.22. The van der Waals surface area contributed by atoms with Crippen molar-refractivity contribution in [2.24, 2.45) is 5.92 Å². The summed E-state index contributed by atoms with van der Waals surface area (Å²) in [7, 11) is -3.51. The maximum Gasteiger partial charge on any atom is 0.243 e.